The van der Waals surface area contributed by atoms with Crippen LogP contribution in [0.4, 0.5) is 13.2 Å². The van der Waals surface area contributed by atoms with E-state index in [0.29, 0.717) is 18.5 Å². The zero-order chi connectivity index (χ0) is 10.9. The first-order chi connectivity index (χ1) is 7.09. The highest BCUT2D eigenvalue weighted by Gasteiger charge is 2.42. The average molecular weight is 215 g/mol. The minimum Gasteiger partial charge on any atom is -0.305 e. The average Bonchev–Trinajstić information content (AvgIpc) is 2.17. The highest BCUT2D eigenvalue weighted by atomic mass is 19.3. The van der Waals surface area contributed by atoms with Gasteiger partial charge in [0, 0.05) is 6.42 Å². The second kappa shape index (κ2) is 3.85. The molecule has 1 fully saturated rings. The first kappa shape index (κ1) is 10.5. The van der Waals surface area contributed by atoms with Crippen LogP contribution in [-0.4, -0.2) is 12.5 Å². The van der Waals surface area contributed by atoms with Crippen LogP contribution < -0.4 is 5.32 Å². The zero-order valence-electron chi connectivity index (χ0n) is 8.14. The third-order valence-electron chi connectivity index (χ3n) is 2.64. The summed E-state index contributed by atoms with van der Waals surface area (Å²) in [6.45, 7) is 0.552. The van der Waals surface area contributed by atoms with Gasteiger partial charge in [-0.2, -0.15) is 0 Å². The highest BCUT2D eigenvalue weighted by Crippen LogP contribution is 2.37. The molecule has 1 nitrogen and oxygen atoms in total. The molecular formula is C11H12F3N. The predicted molar refractivity (Wildman–Crippen MR) is 51.3 cm³/mol. The lowest BCUT2D eigenvalue weighted by atomic mass is 9.93. The summed E-state index contributed by atoms with van der Waals surface area (Å²) in [6, 6.07) is 4.35. The minimum absolute atomic E-state index is 0.138. The van der Waals surface area contributed by atoms with Gasteiger partial charge in [0.25, 0.3) is 5.92 Å². The van der Waals surface area contributed by atoms with Gasteiger partial charge in [-0.1, -0.05) is 12.1 Å². The van der Waals surface area contributed by atoms with Crippen LogP contribution >= 0.6 is 0 Å². The molecular weight excluding hydrogens is 203 g/mol. The van der Waals surface area contributed by atoms with Crippen LogP contribution in [0.5, 0.6) is 0 Å². The van der Waals surface area contributed by atoms with E-state index in [1.54, 1.807) is 0 Å². The van der Waals surface area contributed by atoms with E-state index in [2.05, 4.69) is 5.32 Å². The van der Waals surface area contributed by atoms with Gasteiger partial charge in [0.1, 0.15) is 5.82 Å². The van der Waals surface area contributed by atoms with E-state index in [1.165, 1.54) is 18.2 Å². The maximum absolute atomic E-state index is 13.5. The van der Waals surface area contributed by atoms with Crippen molar-refractivity contribution in [2.45, 2.75) is 24.8 Å². The molecule has 4 heteroatoms. The molecule has 0 spiro atoms. The quantitative estimate of drug-likeness (QED) is 0.759. The molecule has 1 saturated heterocycles. The summed E-state index contributed by atoms with van der Waals surface area (Å²) in [5.41, 5.74) is 0.319. The van der Waals surface area contributed by atoms with Crippen LogP contribution in [0.2, 0.25) is 0 Å². The Morgan fingerprint density at radius 2 is 2.13 bits per heavy atom. The van der Waals surface area contributed by atoms with Gasteiger partial charge in [-0.25, -0.2) is 13.2 Å². The summed E-state index contributed by atoms with van der Waals surface area (Å²) >= 11 is 0. The molecule has 15 heavy (non-hydrogen) atoms. The number of alkyl halides is 2. The molecule has 0 aromatic heterocycles. The van der Waals surface area contributed by atoms with Gasteiger partial charge in [0.2, 0.25) is 0 Å². The van der Waals surface area contributed by atoms with E-state index in [9.17, 15) is 13.2 Å². The third kappa shape index (κ3) is 2.15. The van der Waals surface area contributed by atoms with Gasteiger partial charge < -0.3 is 5.32 Å². The predicted octanol–water partition coefficient (Wildman–Crippen LogP) is 2.89. The molecule has 1 aromatic rings. The van der Waals surface area contributed by atoms with Crippen molar-refractivity contribution in [2.75, 3.05) is 6.54 Å². The van der Waals surface area contributed by atoms with Crippen molar-refractivity contribution in [2.24, 2.45) is 0 Å². The van der Waals surface area contributed by atoms with Crippen molar-refractivity contribution < 1.29 is 13.2 Å². The third-order valence-corrected chi connectivity index (χ3v) is 2.64. The number of nitrogens with one attached hydrogen (secondary N) is 1. The summed E-state index contributed by atoms with van der Waals surface area (Å²) < 4.78 is 39.9. The van der Waals surface area contributed by atoms with E-state index in [-0.39, 0.29) is 6.42 Å². The Bertz CT molecular complexity index is 351. The van der Waals surface area contributed by atoms with Gasteiger partial charge in [-0.3, -0.25) is 0 Å². The van der Waals surface area contributed by atoms with Crippen molar-refractivity contribution in [1.29, 1.82) is 0 Å². The molecule has 0 aliphatic carbocycles. The second-order valence-corrected chi connectivity index (χ2v) is 3.81. The molecule has 1 heterocycles. The van der Waals surface area contributed by atoms with Gasteiger partial charge >= 0.3 is 0 Å². The lowest BCUT2D eigenvalue weighted by Crippen LogP contribution is -2.42. The normalized spacial score (nSPS) is 25.1. The number of halogens is 3. The number of piperidine rings is 1. The van der Waals surface area contributed by atoms with Crippen LogP contribution in [0.25, 0.3) is 0 Å². The second-order valence-electron chi connectivity index (χ2n) is 3.81. The number of benzene rings is 1. The van der Waals surface area contributed by atoms with Gasteiger partial charge in [0.15, 0.2) is 0 Å². The minimum atomic E-state index is -2.79. The van der Waals surface area contributed by atoms with Crippen LogP contribution in [0, 0.1) is 5.82 Å². The lowest BCUT2D eigenvalue weighted by molar-refractivity contribution is -0.0620. The molecule has 0 amide bonds. The van der Waals surface area contributed by atoms with E-state index < -0.39 is 17.8 Å². The zero-order valence-corrected chi connectivity index (χ0v) is 8.14. The fourth-order valence-corrected chi connectivity index (χ4v) is 1.91. The Morgan fingerprint density at radius 1 is 1.33 bits per heavy atom. The molecule has 1 aliphatic rings. The van der Waals surface area contributed by atoms with E-state index >= 15 is 0 Å². The standard InChI is InChI=1S/C11H12F3N/c12-9-4-1-3-8(7-9)10-11(13,14)5-2-6-15-10/h1,3-4,7,10,15H,2,5-6H2. The molecule has 1 unspecified atom stereocenters. The summed E-state index contributed by atoms with van der Waals surface area (Å²) in [5, 5.41) is 2.74. The molecule has 1 N–H and O–H groups in total. The number of hydrogen-bond donors (Lipinski definition) is 1. The van der Waals surface area contributed by atoms with Crippen molar-refractivity contribution in [3.05, 3.63) is 35.6 Å². The maximum Gasteiger partial charge on any atom is 0.267 e. The van der Waals surface area contributed by atoms with Crippen LogP contribution in [0.3, 0.4) is 0 Å². The van der Waals surface area contributed by atoms with E-state index in [1.807, 2.05) is 0 Å². The first-order valence-electron chi connectivity index (χ1n) is 4.96. The van der Waals surface area contributed by atoms with Crippen molar-refractivity contribution in [1.82, 2.24) is 5.32 Å². The summed E-state index contributed by atoms with van der Waals surface area (Å²) in [4.78, 5) is 0. The summed E-state index contributed by atoms with van der Waals surface area (Å²) in [7, 11) is 0. The van der Waals surface area contributed by atoms with Crippen molar-refractivity contribution in [3.63, 3.8) is 0 Å². The Kier molecular flexibility index (Phi) is 2.69. The molecule has 2 rings (SSSR count). The fraction of sp³-hybridized carbons (Fsp3) is 0.455. The van der Waals surface area contributed by atoms with Crippen LogP contribution in [0.1, 0.15) is 24.4 Å². The molecule has 0 bridgehead atoms. The van der Waals surface area contributed by atoms with E-state index in [0.717, 1.165) is 6.07 Å². The van der Waals surface area contributed by atoms with Gasteiger partial charge in [-0.15, -0.1) is 0 Å². The first-order valence-corrected chi connectivity index (χ1v) is 4.96. The lowest BCUT2D eigenvalue weighted by Gasteiger charge is -2.32. The molecule has 1 aliphatic heterocycles. The molecule has 0 radical (unpaired) electrons. The smallest absolute Gasteiger partial charge is 0.267 e. The Labute approximate surface area is 86.3 Å². The molecule has 82 valence electrons. The van der Waals surface area contributed by atoms with E-state index in [4.69, 9.17) is 0 Å². The maximum atomic E-state index is 13.5. The summed E-state index contributed by atoms with van der Waals surface area (Å²) in [6.07, 6.45) is 0.319. The van der Waals surface area contributed by atoms with Crippen molar-refractivity contribution in [3.8, 4) is 0 Å². The van der Waals surface area contributed by atoms with Crippen LogP contribution in [-0.2, 0) is 0 Å². The Hall–Kier alpha value is -1.03. The molecule has 1 atom stereocenters. The number of rotatable bonds is 1. The van der Waals surface area contributed by atoms with Crippen LogP contribution in [0.15, 0.2) is 24.3 Å². The van der Waals surface area contributed by atoms with Gasteiger partial charge in [0.05, 0.1) is 6.04 Å². The number of hydrogen-bond acceptors (Lipinski definition) is 1. The molecule has 1 aromatic carbocycles. The fourth-order valence-electron chi connectivity index (χ4n) is 1.91. The Morgan fingerprint density at radius 3 is 2.80 bits per heavy atom. The SMILES string of the molecule is Fc1cccc(C2NCCCC2(F)F)c1. The van der Waals surface area contributed by atoms with Gasteiger partial charge in [-0.05, 0) is 30.7 Å². The Balaban J connectivity index is 2.29. The monoisotopic (exact) mass is 215 g/mol. The highest BCUT2D eigenvalue weighted by molar-refractivity contribution is 5.22. The largest absolute Gasteiger partial charge is 0.305 e. The topological polar surface area (TPSA) is 12.0 Å². The summed E-state index contributed by atoms with van der Waals surface area (Å²) in [5.74, 6) is -3.26. The van der Waals surface area contributed by atoms with Crippen molar-refractivity contribution >= 4 is 0 Å². The molecule has 0 saturated carbocycles.